The highest BCUT2D eigenvalue weighted by atomic mass is 16.4. The molecule has 0 amide bonds. The number of carbonyl (C=O) groups is 1. The molecule has 0 atom stereocenters. The van der Waals surface area contributed by atoms with Crippen LogP contribution in [-0.2, 0) is 6.42 Å². The second-order valence-electron chi connectivity index (χ2n) is 5.99. The SMILES string of the molecule is CCc1ccc2nc3c(c(C(=O)O)c2c1)N1CCC3CC1. The van der Waals surface area contributed by atoms with Gasteiger partial charge in [0.1, 0.15) is 0 Å². The first kappa shape index (κ1) is 12.6. The average molecular weight is 282 g/mol. The molecule has 4 nitrogen and oxygen atoms in total. The average Bonchev–Trinajstić information content (AvgIpc) is 2.53. The summed E-state index contributed by atoms with van der Waals surface area (Å²) in [6.07, 6.45) is 3.09. The van der Waals surface area contributed by atoms with Gasteiger partial charge >= 0.3 is 5.97 Å². The Labute approximate surface area is 123 Å². The Morgan fingerprint density at radius 1 is 1.38 bits per heavy atom. The number of aromatic nitrogens is 1. The lowest BCUT2D eigenvalue weighted by Gasteiger charge is -2.42. The molecule has 3 aliphatic heterocycles. The molecule has 0 spiro atoms. The number of hydrogen-bond acceptors (Lipinski definition) is 3. The normalized spacial score (nSPS) is 17.3. The number of aryl methyl sites for hydroxylation is 1. The van der Waals surface area contributed by atoms with E-state index in [4.69, 9.17) is 4.98 Å². The van der Waals surface area contributed by atoms with Crippen molar-refractivity contribution in [3.63, 3.8) is 0 Å². The van der Waals surface area contributed by atoms with Crippen molar-refractivity contribution in [1.29, 1.82) is 0 Å². The third-order valence-corrected chi connectivity index (χ3v) is 4.87. The maximum atomic E-state index is 11.9. The number of benzene rings is 1. The van der Waals surface area contributed by atoms with Gasteiger partial charge in [0, 0.05) is 24.4 Å². The highest BCUT2D eigenvalue weighted by Gasteiger charge is 2.36. The van der Waals surface area contributed by atoms with E-state index in [0.717, 1.165) is 60.2 Å². The molecule has 0 radical (unpaired) electrons. The van der Waals surface area contributed by atoms with Gasteiger partial charge in [-0.2, -0.15) is 0 Å². The molecule has 1 aromatic heterocycles. The maximum absolute atomic E-state index is 11.9. The largest absolute Gasteiger partial charge is 0.478 e. The molecule has 1 N–H and O–H groups in total. The van der Waals surface area contributed by atoms with Crippen LogP contribution in [0.25, 0.3) is 10.9 Å². The molecular weight excluding hydrogens is 264 g/mol. The molecule has 2 aromatic rings. The van der Waals surface area contributed by atoms with Crippen molar-refractivity contribution >= 4 is 22.6 Å². The number of fused-ring (bicyclic) bond motifs is 3. The van der Waals surface area contributed by atoms with E-state index >= 15 is 0 Å². The number of rotatable bonds is 2. The summed E-state index contributed by atoms with van der Waals surface area (Å²) in [7, 11) is 0. The van der Waals surface area contributed by atoms with Crippen LogP contribution >= 0.6 is 0 Å². The zero-order chi connectivity index (χ0) is 14.6. The van der Waals surface area contributed by atoms with Crippen LogP contribution in [0.3, 0.4) is 0 Å². The van der Waals surface area contributed by atoms with Crippen molar-refractivity contribution in [1.82, 2.24) is 4.98 Å². The van der Waals surface area contributed by atoms with E-state index in [9.17, 15) is 9.90 Å². The van der Waals surface area contributed by atoms with E-state index in [0.29, 0.717) is 11.5 Å². The maximum Gasteiger partial charge on any atom is 0.338 e. The van der Waals surface area contributed by atoms with Crippen molar-refractivity contribution in [3.8, 4) is 0 Å². The minimum absolute atomic E-state index is 0.429. The fraction of sp³-hybridized carbons (Fsp3) is 0.412. The van der Waals surface area contributed by atoms with E-state index in [1.165, 1.54) is 0 Å². The topological polar surface area (TPSA) is 53.4 Å². The van der Waals surface area contributed by atoms with Gasteiger partial charge < -0.3 is 10.0 Å². The third-order valence-electron chi connectivity index (χ3n) is 4.87. The molecule has 1 fully saturated rings. The van der Waals surface area contributed by atoms with Crippen LogP contribution in [0.1, 0.15) is 47.3 Å². The number of nitrogens with zero attached hydrogens (tertiary/aromatic N) is 2. The summed E-state index contributed by atoms with van der Waals surface area (Å²) in [5.41, 5.74) is 4.31. The molecule has 3 aliphatic rings. The number of aromatic carboxylic acids is 1. The molecule has 0 unspecified atom stereocenters. The Kier molecular flexibility index (Phi) is 2.67. The quantitative estimate of drug-likeness (QED) is 0.919. The van der Waals surface area contributed by atoms with Crippen LogP contribution in [-0.4, -0.2) is 29.1 Å². The molecule has 1 saturated heterocycles. The molecule has 4 heteroatoms. The van der Waals surface area contributed by atoms with E-state index in [1.807, 2.05) is 12.1 Å². The standard InChI is InChI=1S/C17H18N2O2/c1-2-10-3-4-13-12(9-10)14(17(20)21)16-15(18-13)11-5-7-19(16)8-6-11/h3-4,9,11H,2,5-8H2,1H3,(H,20,21). The summed E-state index contributed by atoms with van der Waals surface area (Å²) in [4.78, 5) is 18.9. The van der Waals surface area contributed by atoms with Crippen LogP contribution in [0.15, 0.2) is 18.2 Å². The van der Waals surface area contributed by atoms with Crippen molar-refractivity contribution < 1.29 is 9.90 Å². The number of carboxylic acid groups (broad SMARTS) is 1. The first-order chi connectivity index (χ1) is 10.2. The number of anilines is 1. The van der Waals surface area contributed by atoms with Gasteiger partial charge in [-0.05, 0) is 37.0 Å². The minimum Gasteiger partial charge on any atom is -0.478 e. The lowest BCUT2D eigenvalue weighted by Crippen LogP contribution is -2.40. The van der Waals surface area contributed by atoms with Gasteiger partial charge in [0.15, 0.2) is 0 Å². The Morgan fingerprint density at radius 2 is 2.14 bits per heavy atom. The van der Waals surface area contributed by atoms with Gasteiger partial charge in [0.2, 0.25) is 0 Å². The highest BCUT2D eigenvalue weighted by molar-refractivity contribution is 6.08. The van der Waals surface area contributed by atoms with E-state index in [-0.39, 0.29) is 0 Å². The number of hydrogen-bond donors (Lipinski definition) is 1. The Bertz CT molecular complexity index is 746. The van der Waals surface area contributed by atoms with Gasteiger partial charge in [0.25, 0.3) is 0 Å². The summed E-state index contributed by atoms with van der Waals surface area (Å²) >= 11 is 0. The van der Waals surface area contributed by atoms with E-state index in [1.54, 1.807) is 0 Å². The Hall–Kier alpha value is -2.10. The molecule has 5 rings (SSSR count). The summed E-state index contributed by atoms with van der Waals surface area (Å²) in [6, 6.07) is 6.02. The van der Waals surface area contributed by atoms with Crippen LogP contribution in [0.4, 0.5) is 5.69 Å². The lowest BCUT2D eigenvalue weighted by molar-refractivity contribution is 0.0699. The smallest absolute Gasteiger partial charge is 0.338 e. The number of piperidine rings is 1. The summed E-state index contributed by atoms with van der Waals surface area (Å²) in [5, 5.41) is 10.6. The third kappa shape index (κ3) is 1.75. The molecule has 21 heavy (non-hydrogen) atoms. The second kappa shape index (κ2) is 4.45. The van der Waals surface area contributed by atoms with Crippen LogP contribution in [0, 0.1) is 0 Å². The van der Waals surface area contributed by atoms with Gasteiger partial charge in [-0.1, -0.05) is 13.0 Å². The van der Waals surface area contributed by atoms with E-state index < -0.39 is 5.97 Å². The zero-order valence-corrected chi connectivity index (χ0v) is 12.1. The van der Waals surface area contributed by atoms with Crippen LogP contribution in [0.5, 0.6) is 0 Å². The number of pyridine rings is 1. The first-order valence-corrected chi connectivity index (χ1v) is 7.63. The molecular formula is C17H18N2O2. The van der Waals surface area contributed by atoms with E-state index in [2.05, 4.69) is 17.9 Å². The van der Waals surface area contributed by atoms with Crippen molar-refractivity contribution in [3.05, 3.63) is 35.0 Å². The Morgan fingerprint density at radius 3 is 2.81 bits per heavy atom. The van der Waals surface area contributed by atoms with Gasteiger partial charge in [-0.15, -0.1) is 0 Å². The van der Waals surface area contributed by atoms with Gasteiger partial charge in [0.05, 0.1) is 22.5 Å². The Balaban J connectivity index is 2.09. The van der Waals surface area contributed by atoms with Crippen LogP contribution in [0.2, 0.25) is 0 Å². The lowest BCUT2D eigenvalue weighted by atomic mass is 9.84. The minimum atomic E-state index is -0.834. The molecule has 0 aliphatic carbocycles. The monoisotopic (exact) mass is 282 g/mol. The highest BCUT2D eigenvalue weighted by Crippen LogP contribution is 2.45. The molecule has 4 heterocycles. The van der Waals surface area contributed by atoms with Crippen LogP contribution < -0.4 is 4.90 Å². The molecule has 0 saturated carbocycles. The second-order valence-corrected chi connectivity index (χ2v) is 5.99. The molecule has 1 aromatic carbocycles. The predicted molar refractivity (Wildman–Crippen MR) is 82.3 cm³/mol. The van der Waals surface area contributed by atoms with Gasteiger partial charge in [-0.3, -0.25) is 4.98 Å². The summed E-state index contributed by atoms with van der Waals surface area (Å²) < 4.78 is 0. The van der Waals surface area contributed by atoms with Gasteiger partial charge in [-0.25, -0.2) is 4.79 Å². The molecule has 2 bridgehead atoms. The van der Waals surface area contributed by atoms with Crippen molar-refractivity contribution in [2.24, 2.45) is 0 Å². The summed E-state index contributed by atoms with van der Waals surface area (Å²) in [5.74, 6) is -0.405. The zero-order valence-electron chi connectivity index (χ0n) is 12.1. The fourth-order valence-corrected chi connectivity index (χ4v) is 3.74. The number of carboxylic acids is 1. The summed E-state index contributed by atoms with van der Waals surface area (Å²) in [6.45, 7) is 4.00. The van der Waals surface area contributed by atoms with Crippen molar-refractivity contribution in [2.75, 3.05) is 18.0 Å². The first-order valence-electron chi connectivity index (χ1n) is 7.63. The fourth-order valence-electron chi connectivity index (χ4n) is 3.74. The predicted octanol–water partition coefficient (Wildman–Crippen LogP) is 3.19. The molecule has 108 valence electrons. The van der Waals surface area contributed by atoms with Crippen molar-refractivity contribution in [2.45, 2.75) is 32.1 Å².